The summed E-state index contributed by atoms with van der Waals surface area (Å²) in [6.07, 6.45) is 0. The van der Waals surface area contributed by atoms with Crippen molar-refractivity contribution in [3.8, 4) is 0 Å². The van der Waals surface area contributed by atoms with Gasteiger partial charge in [0.2, 0.25) is 0 Å². The van der Waals surface area contributed by atoms with E-state index in [1.165, 1.54) is 22.8 Å². The van der Waals surface area contributed by atoms with Gasteiger partial charge in [-0.05, 0) is 35.6 Å². The zero-order chi connectivity index (χ0) is 10.0. The van der Waals surface area contributed by atoms with E-state index in [1.807, 2.05) is 24.3 Å². The van der Waals surface area contributed by atoms with Gasteiger partial charge in [-0.1, -0.05) is 27.3 Å². The monoisotopic (exact) mass is 310 g/mol. The fourth-order valence-corrected chi connectivity index (χ4v) is 7.73. The number of hydrogen-bond acceptors (Lipinski definition) is 4. The fraction of sp³-hybridized carbons (Fsp3) is 0.250. The maximum atomic E-state index is 12.0. The first kappa shape index (κ1) is 11.1. The van der Waals surface area contributed by atoms with Gasteiger partial charge in [0.05, 0.1) is 6.61 Å². The molecule has 0 bridgehead atoms. The summed E-state index contributed by atoms with van der Waals surface area (Å²) in [5.74, 6) is -1.65. The molecule has 1 fully saturated rings. The predicted molar refractivity (Wildman–Crippen MR) is 66.0 cm³/mol. The summed E-state index contributed by atoms with van der Waals surface area (Å²) in [5.41, 5.74) is 0. The van der Waals surface area contributed by atoms with Crippen molar-refractivity contribution < 1.29 is 9.09 Å². The van der Waals surface area contributed by atoms with E-state index in [0.717, 1.165) is 15.1 Å². The average Bonchev–Trinajstić information content (AvgIpc) is 2.57. The van der Waals surface area contributed by atoms with Gasteiger partial charge in [0, 0.05) is 15.1 Å². The molecule has 1 aliphatic heterocycles. The van der Waals surface area contributed by atoms with Gasteiger partial charge in [0.15, 0.2) is 0 Å². The van der Waals surface area contributed by atoms with Crippen LogP contribution in [0.25, 0.3) is 0 Å². The van der Waals surface area contributed by atoms with Crippen LogP contribution in [0, 0.1) is 0 Å². The van der Waals surface area contributed by atoms with E-state index in [9.17, 15) is 4.57 Å². The summed E-state index contributed by atoms with van der Waals surface area (Å²) in [6.45, 7) is 0.603. The topological polar surface area (TPSA) is 26.3 Å². The average molecular weight is 311 g/mol. The Balaban J connectivity index is 2.10. The minimum absolute atomic E-state index is 0.603. The molecule has 1 heterocycles. The summed E-state index contributed by atoms with van der Waals surface area (Å²) < 4.78 is 18.2. The van der Waals surface area contributed by atoms with E-state index in [1.54, 1.807) is 0 Å². The highest BCUT2D eigenvalue weighted by molar-refractivity contribution is 9.10. The Morgan fingerprint density at radius 3 is 2.71 bits per heavy atom. The summed E-state index contributed by atoms with van der Waals surface area (Å²) in [6, 6.07) is 7.76. The molecule has 0 N–H and O–H groups in total. The van der Waals surface area contributed by atoms with Gasteiger partial charge in [-0.2, -0.15) is 0 Å². The Bertz CT molecular complexity index is 358. The second-order valence-corrected chi connectivity index (χ2v) is 10.9. The normalized spacial score (nSPS) is 26.6. The van der Waals surface area contributed by atoms with Crippen LogP contribution in [-0.4, -0.2) is 12.4 Å². The van der Waals surface area contributed by atoms with Crippen LogP contribution >= 0.6 is 44.5 Å². The number of hydrogen-bond donors (Lipinski definition) is 0. The smallest absolute Gasteiger partial charge is 0.312 e. The lowest BCUT2D eigenvalue weighted by Gasteiger charge is -2.07. The third-order valence-corrected chi connectivity index (χ3v) is 9.06. The van der Waals surface area contributed by atoms with E-state index in [4.69, 9.17) is 4.52 Å². The van der Waals surface area contributed by atoms with Gasteiger partial charge < -0.3 is 4.52 Å². The van der Waals surface area contributed by atoms with Crippen LogP contribution < -0.4 is 0 Å². The summed E-state index contributed by atoms with van der Waals surface area (Å²) >= 11 is 6.12. The third kappa shape index (κ3) is 2.80. The Hall–Kier alpha value is 0.590. The van der Waals surface area contributed by atoms with Crippen molar-refractivity contribution in [1.82, 2.24) is 0 Å². The van der Waals surface area contributed by atoms with Crippen LogP contribution in [0.4, 0.5) is 0 Å². The fourth-order valence-electron chi connectivity index (χ4n) is 1.01. The SMILES string of the molecule is O=P1(Sc2ccc(Br)cc2)OCCS1. The molecule has 1 unspecified atom stereocenters. The standard InChI is InChI=1S/C8H8BrO2PS2/c9-7-1-3-8(4-2-7)14-12(10)11-5-6-13-12/h1-4H,5-6H2. The van der Waals surface area contributed by atoms with Crippen molar-refractivity contribution in [3.63, 3.8) is 0 Å². The molecule has 2 rings (SSSR count). The predicted octanol–water partition coefficient (Wildman–Crippen LogP) is 4.41. The second kappa shape index (κ2) is 4.62. The molecule has 2 nitrogen and oxygen atoms in total. The lowest BCUT2D eigenvalue weighted by atomic mass is 10.4. The lowest BCUT2D eigenvalue weighted by molar-refractivity contribution is 0.370. The molecular weight excluding hydrogens is 303 g/mol. The molecule has 0 radical (unpaired) electrons. The van der Waals surface area contributed by atoms with Crippen molar-refractivity contribution in [2.24, 2.45) is 0 Å². The molecule has 0 amide bonds. The van der Waals surface area contributed by atoms with Crippen molar-refractivity contribution in [2.45, 2.75) is 4.90 Å². The highest BCUT2D eigenvalue weighted by Gasteiger charge is 2.30. The van der Waals surface area contributed by atoms with Gasteiger partial charge in [0.25, 0.3) is 0 Å². The van der Waals surface area contributed by atoms with Crippen molar-refractivity contribution in [2.75, 3.05) is 12.4 Å². The summed E-state index contributed by atoms with van der Waals surface area (Å²) in [7, 11) is 0. The van der Waals surface area contributed by atoms with E-state index >= 15 is 0 Å². The molecule has 76 valence electrons. The molecule has 0 spiro atoms. The molecule has 0 aliphatic carbocycles. The highest BCUT2D eigenvalue weighted by Crippen LogP contribution is 2.74. The molecule has 6 heteroatoms. The Labute approximate surface area is 99.3 Å². The van der Waals surface area contributed by atoms with Crippen molar-refractivity contribution in [3.05, 3.63) is 28.7 Å². The molecule has 0 saturated carbocycles. The van der Waals surface area contributed by atoms with Crippen LogP contribution in [0.15, 0.2) is 33.6 Å². The molecule has 14 heavy (non-hydrogen) atoms. The Morgan fingerprint density at radius 1 is 1.43 bits per heavy atom. The zero-order valence-electron chi connectivity index (χ0n) is 7.18. The molecule has 1 aliphatic rings. The number of benzene rings is 1. The quantitative estimate of drug-likeness (QED) is 0.756. The third-order valence-electron chi connectivity index (χ3n) is 1.61. The molecule has 1 saturated heterocycles. The first-order valence-corrected chi connectivity index (χ1v) is 9.45. The number of halogens is 1. The van der Waals surface area contributed by atoms with Crippen LogP contribution in [0.2, 0.25) is 0 Å². The molecule has 0 aromatic heterocycles. The highest BCUT2D eigenvalue weighted by atomic mass is 79.9. The van der Waals surface area contributed by atoms with Crippen molar-refractivity contribution in [1.29, 1.82) is 0 Å². The lowest BCUT2D eigenvalue weighted by Crippen LogP contribution is -1.77. The van der Waals surface area contributed by atoms with Gasteiger partial charge in [-0.15, -0.1) is 0 Å². The van der Waals surface area contributed by atoms with Crippen LogP contribution in [-0.2, 0) is 9.09 Å². The summed E-state index contributed by atoms with van der Waals surface area (Å²) in [4.78, 5) is 0.992. The largest absolute Gasteiger partial charge is 0.317 e. The molecule has 1 aromatic rings. The first-order chi connectivity index (χ1) is 6.68. The van der Waals surface area contributed by atoms with E-state index < -0.39 is 5.77 Å². The maximum absolute atomic E-state index is 12.0. The van der Waals surface area contributed by atoms with Gasteiger partial charge in [-0.25, -0.2) is 0 Å². The second-order valence-electron chi connectivity index (χ2n) is 2.66. The Morgan fingerprint density at radius 2 is 2.14 bits per heavy atom. The molecule has 1 atom stereocenters. The molecule has 1 aromatic carbocycles. The first-order valence-electron chi connectivity index (χ1n) is 4.02. The van der Waals surface area contributed by atoms with E-state index in [2.05, 4.69) is 15.9 Å². The summed E-state index contributed by atoms with van der Waals surface area (Å²) in [5, 5.41) is 0. The van der Waals surface area contributed by atoms with E-state index in [0.29, 0.717) is 6.61 Å². The zero-order valence-corrected chi connectivity index (χ0v) is 11.3. The van der Waals surface area contributed by atoms with Crippen LogP contribution in [0.3, 0.4) is 0 Å². The number of rotatable bonds is 2. The minimum atomic E-state index is -2.49. The maximum Gasteiger partial charge on any atom is 0.317 e. The Kier molecular flexibility index (Phi) is 3.66. The molecular formula is C8H8BrO2PS2. The van der Waals surface area contributed by atoms with Gasteiger partial charge in [0.1, 0.15) is 0 Å². The van der Waals surface area contributed by atoms with Crippen LogP contribution in [0.1, 0.15) is 0 Å². The van der Waals surface area contributed by atoms with Crippen LogP contribution in [0.5, 0.6) is 0 Å². The van der Waals surface area contributed by atoms with Gasteiger partial charge in [-0.3, -0.25) is 4.57 Å². The van der Waals surface area contributed by atoms with Crippen molar-refractivity contribution >= 4 is 44.5 Å². The van der Waals surface area contributed by atoms with E-state index in [-0.39, 0.29) is 0 Å². The van der Waals surface area contributed by atoms with Gasteiger partial charge >= 0.3 is 5.77 Å². The minimum Gasteiger partial charge on any atom is -0.312 e.